The number of nitrogens with zero attached hydrogens (tertiary/aromatic N) is 2. The third kappa shape index (κ3) is 1.43. The van der Waals surface area contributed by atoms with Crippen LogP contribution < -0.4 is 5.32 Å². The first-order chi connectivity index (χ1) is 7.75. The predicted octanol–water partition coefficient (Wildman–Crippen LogP) is 0.417. The van der Waals surface area contributed by atoms with Gasteiger partial charge in [-0.1, -0.05) is 5.16 Å². The Hall–Kier alpha value is -1.36. The van der Waals surface area contributed by atoms with E-state index in [2.05, 4.69) is 10.5 Å². The molecule has 1 N–H and O–H groups in total. The first-order valence-electron chi connectivity index (χ1n) is 5.70. The van der Waals surface area contributed by atoms with Gasteiger partial charge in [0, 0.05) is 31.7 Å². The molecule has 2 aliphatic rings. The number of rotatable bonds is 1. The van der Waals surface area contributed by atoms with Crippen molar-refractivity contribution in [1.29, 1.82) is 0 Å². The number of carbonyl (C=O) groups is 1. The Morgan fingerprint density at radius 3 is 3.25 bits per heavy atom. The van der Waals surface area contributed by atoms with Crippen LogP contribution in [0.2, 0.25) is 0 Å². The number of hydrogen-bond acceptors (Lipinski definition) is 4. The van der Waals surface area contributed by atoms with Gasteiger partial charge in [-0.25, -0.2) is 0 Å². The molecule has 2 atom stereocenters. The lowest BCUT2D eigenvalue weighted by atomic mass is 10.1. The highest BCUT2D eigenvalue weighted by Gasteiger charge is 2.40. The highest BCUT2D eigenvalue weighted by molar-refractivity contribution is 5.92. The van der Waals surface area contributed by atoms with Crippen molar-refractivity contribution in [2.24, 2.45) is 5.92 Å². The highest BCUT2D eigenvalue weighted by atomic mass is 16.5. The van der Waals surface area contributed by atoms with Gasteiger partial charge >= 0.3 is 0 Å². The van der Waals surface area contributed by atoms with Crippen LogP contribution in [0.1, 0.15) is 22.7 Å². The fourth-order valence-corrected chi connectivity index (χ4v) is 2.71. The number of amides is 1. The van der Waals surface area contributed by atoms with Gasteiger partial charge in [-0.3, -0.25) is 4.79 Å². The lowest BCUT2D eigenvalue weighted by molar-refractivity contribution is 0.0695. The first kappa shape index (κ1) is 9.84. The zero-order valence-corrected chi connectivity index (χ0v) is 9.27. The summed E-state index contributed by atoms with van der Waals surface area (Å²) in [5, 5.41) is 7.08. The molecule has 16 heavy (non-hydrogen) atoms. The molecule has 0 bridgehead atoms. The molecule has 0 radical (unpaired) electrons. The molecule has 1 aromatic heterocycles. The van der Waals surface area contributed by atoms with E-state index < -0.39 is 0 Å². The zero-order chi connectivity index (χ0) is 11.1. The van der Waals surface area contributed by atoms with Gasteiger partial charge in [-0.05, 0) is 19.3 Å². The molecule has 0 saturated carbocycles. The minimum Gasteiger partial charge on any atom is -0.351 e. The van der Waals surface area contributed by atoms with E-state index in [4.69, 9.17) is 4.52 Å². The van der Waals surface area contributed by atoms with Gasteiger partial charge in [0.1, 0.15) is 0 Å². The van der Waals surface area contributed by atoms with Crippen molar-refractivity contribution in [1.82, 2.24) is 15.4 Å². The van der Waals surface area contributed by atoms with E-state index in [1.807, 2.05) is 11.8 Å². The molecule has 2 saturated heterocycles. The molecule has 0 aliphatic carbocycles. The van der Waals surface area contributed by atoms with Crippen molar-refractivity contribution in [3.63, 3.8) is 0 Å². The summed E-state index contributed by atoms with van der Waals surface area (Å²) in [6, 6.07) is 2.05. The van der Waals surface area contributed by atoms with Gasteiger partial charge in [-0.15, -0.1) is 0 Å². The minimum atomic E-state index is -0.0169. The van der Waals surface area contributed by atoms with E-state index in [-0.39, 0.29) is 5.91 Å². The summed E-state index contributed by atoms with van der Waals surface area (Å²) in [4.78, 5) is 14.1. The second-order valence-electron chi connectivity index (χ2n) is 4.61. The molecule has 5 nitrogen and oxygen atoms in total. The highest BCUT2D eigenvalue weighted by Crippen LogP contribution is 2.28. The van der Waals surface area contributed by atoms with Crippen molar-refractivity contribution >= 4 is 5.91 Å². The number of aryl methyl sites for hydroxylation is 1. The second-order valence-corrected chi connectivity index (χ2v) is 4.61. The molecule has 3 rings (SSSR count). The van der Waals surface area contributed by atoms with E-state index in [1.54, 1.807) is 6.07 Å². The standard InChI is InChI=1S/C11H15N3O2/c1-7-4-10(16-13-7)11(15)14-3-2-8-5-12-6-9(8)14/h4,8-9,12H,2-3,5-6H2,1H3/t8-,9+/m0/s1. The van der Waals surface area contributed by atoms with Crippen molar-refractivity contribution in [2.75, 3.05) is 19.6 Å². The molecule has 86 valence electrons. The maximum absolute atomic E-state index is 12.2. The Morgan fingerprint density at radius 2 is 2.50 bits per heavy atom. The Balaban J connectivity index is 1.80. The number of aromatic nitrogens is 1. The molecule has 0 aromatic carbocycles. The largest absolute Gasteiger partial charge is 0.351 e. The van der Waals surface area contributed by atoms with Gasteiger partial charge in [0.25, 0.3) is 5.91 Å². The fourth-order valence-electron chi connectivity index (χ4n) is 2.71. The molecule has 1 amide bonds. The third-order valence-electron chi connectivity index (χ3n) is 3.54. The average Bonchev–Trinajstić information content (AvgIpc) is 2.90. The van der Waals surface area contributed by atoms with E-state index in [1.165, 1.54) is 0 Å². The fraction of sp³-hybridized carbons (Fsp3) is 0.636. The summed E-state index contributed by atoms with van der Waals surface area (Å²) in [7, 11) is 0. The zero-order valence-electron chi connectivity index (χ0n) is 9.27. The predicted molar refractivity (Wildman–Crippen MR) is 57.0 cm³/mol. The normalized spacial score (nSPS) is 28.4. The number of fused-ring (bicyclic) bond motifs is 1. The lowest BCUT2D eigenvalue weighted by Gasteiger charge is -2.21. The summed E-state index contributed by atoms with van der Waals surface area (Å²) in [6.07, 6.45) is 1.09. The van der Waals surface area contributed by atoms with E-state index in [0.29, 0.717) is 17.7 Å². The second kappa shape index (κ2) is 3.59. The van der Waals surface area contributed by atoms with Crippen molar-refractivity contribution in [3.05, 3.63) is 17.5 Å². The van der Waals surface area contributed by atoms with E-state index in [9.17, 15) is 4.79 Å². The number of nitrogens with one attached hydrogen (secondary N) is 1. The van der Waals surface area contributed by atoms with Crippen molar-refractivity contribution in [3.8, 4) is 0 Å². The molecule has 1 aromatic rings. The molecule has 5 heteroatoms. The smallest absolute Gasteiger partial charge is 0.292 e. The quantitative estimate of drug-likeness (QED) is 0.746. The first-order valence-corrected chi connectivity index (χ1v) is 5.70. The molecular weight excluding hydrogens is 206 g/mol. The summed E-state index contributed by atoms with van der Waals surface area (Å²) in [6.45, 7) is 4.60. The monoisotopic (exact) mass is 221 g/mol. The van der Waals surface area contributed by atoms with Gasteiger partial charge < -0.3 is 14.7 Å². The van der Waals surface area contributed by atoms with Crippen LogP contribution in [-0.2, 0) is 0 Å². The molecule has 0 spiro atoms. The molecular formula is C11H15N3O2. The maximum atomic E-state index is 12.2. The van der Waals surface area contributed by atoms with Crippen molar-refractivity contribution in [2.45, 2.75) is 19.4 Å². The van der Waals surface area contributed by atoms with E-state index in [0.717, 1.165) is 31.7 Å². The van der Waals surface area contributed by atoms with Crippen LogP contribution in [0.4, 0.5) is 0 Å². The Bertz CT molecular complexity index is 415. The SMILES string of the molecule is Cc1cc(C(=O)N2CC[C@H]3CNC[C@H]32)on1. The summed E-state index contributed by atoms with van der Waals surface area (Å²) >= 11 is 0. The van der Waals surface area contributed by atoms with Gasteiger partial charge in [0.05, 0.1) is 5.69 Å². The van der Waals surface area contributed by atoms with E-state index >= 15 is 0 Å². The molecule has 0 unspecified atom stereocenters. The van der Waals surface area contributed by atoms with Crippen LogP contribution in [0, 0.1) is 12.8 Å². The molecule has 2 fully saturated rings. The van der Waals surface area contributed by atoms with Crippen LogP contribution in [0.5, 0.6) is 0 Å². The maximum Gasteiger partial charge on any atom is 0.292 e. The summed E-state index contributed by atoms with van der Waals surface area (Å²) in [5.41, 5.74) is 0.753. The van der Waals surface area contributed by atoms with Crippen LogP contribution in [0.15, 0.2) is 10.6 Å². The topological polar surface area (TPSA) is 58.4 Å². The van der Waals surface area contributed by atoms with Crippen LogP contribution in [0.3, 0.4) is 0 Å². The number of hydrogen-bond donors (Lipinski definition) is 1. The minimum absolute atomic E-state index is 0.0169. The molecule has 3 heterocycles. The third-order valence-corrected chi connectivity index (χ3v) is 3.54. The van der Waals surface area contributed by atoms with Gasteiger partial charge in [-0.2, -0.15) is 0 Å². The Labute approximate surface area is 93.8 Å². The van der Waals surface area contributed by atoms with Crippen LogP contribution in [-0.4, -0.2) is 41.6 Å². The van der Waals surface area contributed by atoms with Gasteiger partial charge in [0.15, 0.2) is 0 Å². The number of carbonyl (C=O) groups excluding carboxylic acids is 1. The Morgan fingerprint density at radius 1 is 1.62 bits per heavy atom. The number of likely N-dealkylation sites (tertiary alicyclic amines) is 1. The average molecular weight is 221 g/mol. The Kier molecular flexibility index (Phi) is 2.21. The van der Waals surface area contributed by atoms with Crippen molar-refractivity contribution < 1.29 is 9.32 Å². The summed E-state index contributed by atoms with van der Waals surface area (Å²) in [5.74, 6) is 0.967. The summed E-state index contributed by atoms with van der Waals surface area (Å²) < 4.78 is 5.03. The lowest BCUT2D eigenvalue weighted by Crippen LogP contribution is -2.38. The van der Waals surface area contributed by atoms with Gasteiger partial charge in [0.2, 0.25) is 5.76 Å². The van der Waals surface area contributed by atoms with Crippen LogP contribution >= 0.6 is 0 Å². The molecule has 2 aliphatic heterocycles. The van der Waals surface area contributed by atoms with Crippen LogP contribution in [0.25, 0.3) is 0 Å².